The van der Waals surface area contributed by atoms with Gasteiger partial charge in [-0.3, -0.25) is 28.9 Å². The minimum atomic E-state index is -1.96. The second kappa shape index (κ2) is 48.0. The summed E-state index contributed by atoms with van der Waals surface area (Å²) in [6.45, 7) is 35.1. The molecule has 23 heteroatoms. The van der Waals surface area contributed by atoms with Crippen LogP contribution in [-0.2, 0) is 14.3 Å². The van der Waals surface area contributed by atoms with Gasteiger partial charge < -0.3 is 84.7 Å². The molecule has 1 fully saturated rings. The molecule has 0 aliphatic heterocycles. The second-order valence-electron chi connectivity index (χ2n) is 33.9. The van der Waals surface area contributed by atoms with Gasteiger partial charge in [0.25, 0.3) is 33.2 Å². The van der Waals surface area contributed by atoms with Gasteiger partial charge in [-0.25, -0.2) is 0 Å². The average Bonchev–Trinajstić information content (AvgIpc) is 0.706. The zero-order valence-electron chi connectivity index (χ0n) is 75.2. The topological polar surface area (TPSA) is 318 Å². The van der Waals surface area contributed by atoms with Crippen molar-refractivity contribution in [2.75, 3.05) is 56.0 Å². The van der Waals surface area contributed by atoms with E-state index in [2.05, 4.69) is 70.5 Å². The highest BCUT2D eigenvalue weighted by Crippen LogP contribution is 2.51. The number of nitrogens with one attached hydrogen (secondary N) is 1. The first-order chi connectivity index (χ1) is 60.5. The Labute approximate surface area is 759 Å². The SMILES string of the molecule is C.C.CC(C)CN(CC(C)C)c1cc(O)c(C2C([O-])C(N(c3ccccc3)c3ccccc3)C2[OH2+])c(O)c1.CC(C)CN(CC(C)C)c1cc(O)cc(O)c1.CC(C)OC1=C(OC(C)C)C(O)(N(c2ccccc2)c2ccccc2)C1=O.CC(C)Oc1c(OC(C)C)c(=O)c1=O.O=c1c(O)c(N(c2ccccc2)c2ccccc2)c1=O.c1ccc(Nc2ccccc2)cc1. The fourth-order valence-corrected chi connectivity index (χ4v) is 14.7. The Morgan fingerprint density at radius 3 is 1.01 bits per heavy atom. The number of phenolic OH excluding ortho intramolecular Hbond substituents is 4. The number of anilines is 11. The van der Waals surface area contributed by atoms with Crippen molar-refractivity contribution >= 4 is 68.3 Å². The molecule has 0 spiro atoms. The Hall–Kier alpha value is -13.4. The molecule has 9 N–H and O–H groups in total. The minimum Gasteiger partial charge on any atom is -0.850 e. The standard InChI is InChI=1S/C30H37N2O4.C22H25NO4.C16H11NO3.C14H23NO2.C12H11N.C10H14O4.2CH4/c1-19(2)17-31(18-20(3)4)23-15-24(33)26(25(34)16-23)27-29(35)28(30(27)36)32(21-11-7-5-8-12-21)22-13-9-6-10-14-22;1-15(2)26-19-20(24)22(25,21(19)27-16(3)4)23(17-11-7-5-8-12-17)18-13-9-6-10-14-18;18-14-13(15(19)16(14)20)17(11-7-3-1-4-8-11)12-9-5-2-6-10-12;1-10(2)8-15(9-11(3)4)12-5-13(16)7-14(17)6-12;1-3-7-11(8-4-1)13-12-9-5-2-6-10-12;1-5(2)13-9-7(11)8(12)10(9)14-6(3)4;;/h5-16,19-20,27-30,33-35H,17-18H2,1-4H3;5-16,25H,1-4H3;1-10,18H;5-7,10-11,16-17H,8-9H2,1-4H3;1-10,13H;5-6H,1-4H3;2*1H4/q-1;;;;;;;/p+1. The molecule has 2 aliphatic carbocycles. The van der Waals surface area contributed by atoms with Gasteiger partial charge in [0.05, 0.1) is 36.4 Å². The summed E-state index contributed by atoms with van der Waals surface area (Å²) < 4.78 is 21.8. The number of ether oxygens (including phenoxy) is 4. The smallest absolute Gasteiger partial charge is 0.275 e. The molecule has 14 rings (SSSR count). The number of para-hydroxylation sites is 8. The lowest BCUT2D eigenvalue weighted by molar-refractivity contribution is -0.459. The summed E-state index contributed by atoms with van der Waals surface area (Å²) in [5.74, 6) is 0.428. The lowest BCUT2D eigenvalue weighted by atomic mass is 9.68. The van der Waals surface area contributed by atoms with Crippen LogP contribution in [0.3, 0.4) is 0 Å². The van der Waals surface area contributed by atoms with Gasteiger partial charge in [-0.1, -0.05) is 222 Å². The molecule has 129 heavy (non-hydrogen) atoms. The van der Waals surface area contributed by atoms with E-state index in [0.29, 0.717) is 46.4 Å². The van der Waals surface area contributed by atoms with E-state index in [0.717, 1.165) is 60.3 Å². The van der Waals surface area contributed by atoms with E-state index in [1.165, 1.54) is 6.07 Å². The van der Waals surface area contributed by atoms with Crippen molar-refractivity contribution in [2.45, 2.75) is 180 Å². The highest BCUT2D eigenvalue weighted by Gasteiger charge is 2.62. The highest BCUT2D eigenvalue weighted by molar-refractivity contribution is 6.13. The highest BCUT2D eigenvalue weighted by atomic mass is 16.6. The molecule has 0 bridgehead atoms. The zero-order chi connectivity index (χ0) is 92.5. The van der Waals surface area contributed by atoms with Crippen LogP contribution in [0.2, 0.25) is 0 Å². The van der Waals surface area contributed by atoms with Crippen LogP contribution in [0.15, 0.2) is 304 Å². The Kier molecular flexibility index (Phi) is 38.2. The van der Waals surface area contributed by atoms with Gasteiger partial charge in [0.15, 0.2) is 11.9 Å². The number of carbonyl (C=O) groups excluding carboxylic acids is 1. The van der Waals surface area contributed by atoms with Crippen molar-refractivity contribution in [3.05, 3.63) is 331 Å². The first kappa shape index (κ1) is 103. The number of hydrogen-bond donors (Lipinski definition) is 7. The summed E-state index contributed by atoms with van der Waals surface area (Å²) in [6, 6.07) is 83.7. The van der Waals surface area contributed by atoms with Crippen LogP contribution in [0.25, 0.3) is 0 Å². The molecular weight excluding hydrogens is 1630 g/mol. The Morgan fingerprint density at radius 1 is 0.388 bits per heavy atom. The molecule has 2 aliphatic rings. The first-order valence-corrected chi connectivity index (χ1v) is 43.1. The summed E-state index contributed by atoms with van der Waals surface area (Å²) in [5, 5.41) is 88.2. The van der Waals surface area contributed by atoms with Crippen LogP contribution in [0, 0.1) is 23.7 Å². The van der Waals surface area contributed by atoms with E-state index in [1.54, 1.807) is 61.8 Å². The molecule has 5 unspecified atom stereocenters. The van der Waals surface area contributed by atoms with Crippen molar-refractivity contribution in [3.8, 4) is 40.2 Å². The number of rotatable bonds is 30. The van der Waals surface area contributed by atoms with Crippen molar-refractivity contribution in [1.29, 1.82) is 0 Å². The third-order valence-corrected chi connectivity index (χ3v) is 19.8. The van der Waals surface area contributed by atoms with Crippen molar-refractivity contribution in [2.24, 2.45) is 23.7 Å². The Bertz CT molecular complexity index is 5330. The maximum atomic E-state index is 13.7. The van der Waals surface area contributed by atoms with E-state index >= 15 is 0 Å². The van der Waals surface area contributed by atoms with Crippen LogP contribution in [0.5, 0.6) is 40.2 Å². The summed E-state index contributed by atoms with van der Waals surface area (Å²) in [6.07, 6.45) is -2.71. The Balaban J connectivity index is 0.000000219. The van der Waals surface area contributed by atoms with Gasteiger partial charge in [0.2, 0.25) is 23.0 Å². The maximum absolute atomic E-state index is 13.7. The quantitative estimate of drug-likeness (QED) is 0.0125. The molecular formula is C106H130N6O17. The van der Waals surface area contributed by atoms with Crippen molar-refractivity contribution < 1.29 is 64.6 Å². The van der Waals surface area contributed by atoms with E-state index < -0.39 is 63.1 Å². The van der Waals surface area contributed by atoms with Crippen LogP contribution in [-0.4, -0.2) is 116 Å². The van der Waals surface area contributed by atoms with E-state index in [1.807, 2.05) is 275 Å². The molecule has 0 aromatic heterocycles. The number of nitrogens with zero attached hydrogens (tertiary/aromatic N) is 5. The summed E-state index contributed by atoms with van der Waals surface area (Å²) in [4.78, 5) is 67.6. The normalized spacial score (nSPS) is 15.3. The van der Waals surface area contributed by atoms with Gasteiger partial charge in [0.1, 0.15) is 28.7 Å². The molecule has 0 heterocycles. The monoisotopic (exact) mass is 1760 g/mol. The zero-order valence-corrected chi connectivity index (χ0v) is 75.2. The predicted molar refractivity (Wildman–Crippen MR) is 521 cm³/mol. The molecule has 0 saturated heterocycles. The number of ketones is 1. The van der Waals surface area contributed by atoms with E-state index in [9.17, 15) is 59.7 Å². The van der Waals surface area contributed by atoms with Gasteiger partial charge in [0, 0.05) is 119 Å². The van der Waals surface area contributed by atoms with Crippen LogP contribution in [0.4, 0.5) is 62.6 Å². The molecule has 0 amide bonds. The number of phenols is 4. The van der Waals surface area contributed by atoms with Crippen LogP contribution < -0.4 is 66.1 Å². The van der Waals surface area contributed by atoms with E-state index in [-0.39, 0.29) is 96.5 Å². The van der Waals surface area contributed by atoms with Crippen LogP contribution >= 0.6 is 0 Å². The third-order valence-electron chi connectivity index (χ3n) is 19.8. The van der Waals surface area contributed by atoms with Crippen molar-refractivity contribution in [3.63, 3.8) is 0 Å². The van der Waals surface area contributed by atoms with Gasteiger partial charge in [-0.2, -0.15) is 0 Å². The summed E-state index contributed by atoms with van der Waals surface area (Å²) in [7, 11) is 0. The summed E-state index contributed by atoms with van der Waals surface area (Å²) >= 11 is 0. The molecule has 686 valence electrons. The molecule has 23 nitrogen and oxygen atoms in total. The van der Waals surface area contributed by atoms with Crippen molar-refractivity contribution in [1.82, 2.24) is 0 Å². The maximum Gasteiger partial charge on any atom is 0.275 e. The number of hydrogen-bond acceptors (Lipinski definition) is 22. The molecule has 12 aromatic carbocycles. The number of carbonyl (C=O) groups is 1. The lowest BCUT2D eigenvalue weighted by Gasteiger charge is -2.55. The molecule has 5 atom stereocenters. The fraction of sp³-hybridized carbons (Fsp3) is 0.330. The van der Waals surface area contributed by atoms with Gasteiger partial charge >= 0.3 is 0 Å². The second-order valence-corrected chi connectivity index (χ2v) is 33.9. The molecule has 12 aromatic rings. The van der Waals surface area contributed by atoms with Crippen LogP contribution in [0.1, 0.15) is 137 Å². The van der Waals surface area contributed by atoms with Gasteiger partial charge in [-0.15, -0.1) is 0 Å². The number of aromatic hydroxyl groups is 5. The molecule has 1 saturated carbocycles. The molecule has 0 radical (unpaired) electrons. The summed E-state index contributed by atoms with van der Waals surface area (Å²) in [5.41, 5.74) is 3.85. The third kappa shape index (κ3) is 26.9. The predicted octanol–water partition coefficient (Wildman–Crippen LogP) is 19.7. The van der Waals surface area contributed by atoms with E-state index in [4.69, 9.17) is 24.1 Å². The Morgan fingerprint density at radius 2 is 0.698 bits per heavy atom. The average molecular weight is 1760 g/mol. The van der Waals surface area contributed by atoms with Gasteiger partial charge in [-0.05, 0) is 176 Å². The first-order valence-electron chi connectivity index (χ1n) is 43.1. The number of benzene rings is 10. The number of Topliss-reactive ketones (excluding diaryl/α,β-unsaturated/α-hetero) is 1. The fourth-order valence-electron chi connectivity index (χ4n) is 14.7. The largest absolute Gasteiger partial charge is 0.850 e. The lowest BCUT2D eigenvalue weighted by Crippen LogP contribution is -2.69. The number of aliphatic hydroxyl groups is 1. The minimum absolute atomic E-state index is 0.